The molecule has 0 N–H and O–H groups in total. The highest BCUT2D eigenvalue weighted by Crippen LogP contribution is 2.35. The smallest absolute Gasteiger partial charge is 0.160 e. The molecule has 0 atom stereocenters. The fourth-order valence-corrected chi connectivity index (χ4v) is 4.10. The van der Waals surface area contributed by atoms with Crippen LogP contribution in [0.3, 0.4) is 0 Å². The molecule has 4 nitrogen and oxygen atoms in total. The van der Waals surface area contributed by atoms with Crippen LogP contribution in [0.4, 0.5) is 10.2 Å². The summed E-state index contributed by atoms with van der Waals surface area (Å²) in [5, 5.41) is 0. The average Bonchev–Trinajstić information content (AvgIpc) is 3.11. The standard InChI is InChI=1S/C25H35FN4.C2H6/c1-7-9-21-23-24(28(5)16-15-25(3,4)18-29(21)6)27-22(10-8-2)30(23)17-19-11-13-20(26)14-12-19;1-2/h9,11-16H,7-8,10,17-18H2,1-6H3;1-2H3/b16-15+,21-9-;. The van der Waals surface area contributed by atoms with Gasteiger partial charge in [-0.15, -0.1) is 0 Å². The molecule has 0 amide bonds. The average molecular weight is 441 g/mol. The van der Waals surface area contributed by atoms with Crippen LogP contribution in [0.25, 0.3) is 5.70 Å². The van der Waals surface area contributed by atoms with E-state index in [1.807, 2.05) is 26.0 Å². The number of hydrogen-bond acceptors (Lipinski definition) is 3. The van der Waals surface area contributed by atoms with Crippen molar-refractivity contribution in [2.45, 2.75) is 67.3 Å². The predicted octanol–water partition coefficient (Wildman–Crippen LogP) is 6.72. The number of allylic oxidation sites excluding steroid dienone is 1. The van der Waals surface area contributed by atoms with Crippen LogP contribution < -0.4 is 4.90 Å². The number of anilines is 1. The first-order valence-electron chi connectivity index (χ1n) is 11.9. The Morgan fingerprint density at radius 2 is 1.75 bits per heavy atom. The Morgan fingerprint density at radius 3 is 2.34 bits per heavy atom. The number of aryl methyl sites for hydroxylation is 1. The van der Waals surface area contributed by atoms with Crippen molar-refractivity contribution in [3.05, 3.63) is 65.5 Å². The first-order valence-corrected chi connectivity index (χ1v) is 11.9. The summed E-state index contributed by atoms with van der Waals surface area (Å²) < 4.78 is 15.8. The van der Waals surface area contributed by atoms with Crippen molar-refractivity contribution in [1.29, 1.82) is 0 Å². The largest absolute Gasteiger partial charge is 0.372 e. The molecule has 1 aliphatic heterocycles. The molecule has 0 radical (unpaired) electrons. The molecule has 5 heteroatoms. The van der Waals surface area contributed by atoms with Crippen LogP contribution >= 0.6 is 0 Å². The second-order valence-corrected chi connectivity index (χ2v) is 8.93. The number of nitrogens with zero attached hydrogens (tertiary/aromatic N) is 4. The number of halogens is 1. The zero-order chi connectivity index (χ0) is 23.9. The first kappa shape index (κ1) is 25.7. The third kappa shape index (κ3) is 6.02. The van der Waals surface area contributed by atoms with E-state index in [2.05, 4.69) is 74.5 Å². The Hall–Kier alpha value is -2.56. The van der Waals surface area contributed by atoms with E-state index >= 15 is 0 Å². The van der Waals surface area contributed by atoms with Gasteiger partial charge in [0.2, 0.25) is 0 Å². The van der Waals surface area contributed by atoms with Gasteiger partial charge >= 0.3 is 0 Å². The molecule has 0 saturated carbocycles. The Morgan fingerprint density at radius 1 is 1.09 bits per heavy atom. The summed E-state index contributed by atoms with van der Waals surface area (Å²) in [5.41, 5.74) is 3.45. The van der Waals surface area contributed by atoms with E-state index in [4.69, 9.17) is 4.98 Å². The number of benzene rings is 1. The zero-order valence-corrected chi connectivity index (χ0v) is 21.2. The van der Waals surface area contributed by atoms with E-state index < -0.39 is 0 Å². The minimum absolute atomic E-state index is 0.0351. The number of aromatic nitrogens is 2. The van der Waals surface area contributed by atoms with Gasteiger partial charge < -0.3 is 14.4 Å². The van der Waals surface area contributed by atoms with E-state index in [0.29, 0.717) is 6.54 Å². The molecule has 2 aromatic rings. The molecule has 3 rings (SSSR count). The Balaban J connectivity index is 0.00000176. The number of fused-ring (bicyclic) bond motifs is 1. The molecule has 0 fully saturated rings. The topological polar surface area (TPSA) is 24.3 Å². The maximum atomic E-state index is 13.5. The Bertz CT molecular complexity index is 922. The van der Waals surface area contributed by atoms with E-state index in [0.717, 1.165) is 48.7 Å². The molecule has 1 aromatic heterocycles. The summed E-state index contributed by atoms with van der Waals surface area (Å²) in [6.07, 6.45) is 9.58. The maximum Gasteiger partial charge on any atom is 0.160 e. The van der Waals surface area contributed by atoms with Crippen molar-refractivity contribution in [1.82, 2.24) is 14.5 Å². The van der Waals surface area contributed by atoms with Gasteiger partial charge in [0.25, 0.3) is 0 Å². The highest BCUT2D eigenvalue weighted by atomic mass is 19.1. The molecular weight excluding hydrogens is 399 g/mol. The fraction of sp³-hybridized carbons (Fsp3) is 0.519. The lowest BCUT2D eigenvalue weighted by atomic mass is 9.92. The Labute approximate surface area is 194 Å². The van der Waals surface area contributed by atoms with Gasteiger partial charge in [0, 0.05) is 45.2 Å². The molecule has 1 aliphatic rings. The summed E-state index contributed by atoms with van der Waals surface area (Å²) in [7, 11) is 4.24. The molecule has 0 bridgehead atoms. The lowest BCUT2D eigenvalue weighted by Crippen LogP contribution is -2.29. The van der Waals surface area contributed by atoms with Gasteiger partial charge in [0.05, 0.1) is 5.70 Å². The molecule has 2 heterocycles. The van der Waals surface area contributed by atoms with Crippen molar-refractivity contribution in [3.8, 4) is 0 Å². The molecular formula is C27H41FN4. The van der Waals surface area contributed by atoms with Gasteiger partial charge in [-0.2, -0.15) is 0 Å². The monoisotopic (exact) mass is 440 g/mol. The van der Waals surface area contributed by atoms with Crippen molar-refractivity contribution in [2.75, 3.05) is 25.5 Å². The minimum atomic E-state index is -0.205. The molecule has 32 heavy (non-hydrogen) atoms. The van der Waals surface area contributed by atoms with Crippen LogP contribution in [0.2, 0.25) is 0 Å². The molecule has 0 aliphatic carbocycles. The van der Waals surface area contributed by atoms with E-state index in [9.17, 15) is 4.39 Å². The van der Waals surface area contributed by atoms with Gasteiger partial charge in [-0.05, 0) is 30.5 Å². The van der Waals surface area contributed by atoms with E-state index in [1.54, 1.807) is 0 Å². The summed E-state index contributed by atoms with van der Waals surface area (Å²) in [6, 6.07) is 6.80. The van der Waals surface area contributed by atoms with E-state index in [-0.39, 0.29) is 11.2 Å². The first-order chi connectivity index (χ1) is 15.3. The van der Waals surface area contributed by atoms with Crippen molar-refractivity contribution in [3.63, 3.8) is 0 Å². The number of imidazole rings is 1. The van der Waals surface area contributed by atoms with Crippen LogP contribution in [-0.2, 0) is 13.0 Å². The normalized spacial score (nSPS) is 17.7. The van der Waals surface area contributed by atoms with Crippen LogP contribution in [0.15, 0.2) is 42.6 Å². The van der Waals surface area contributed by atoms with Crippen LogP contribution in [0.1, 0.15) is 71.5 Å². The van der Waals surface area contributed by atoms with Crippen molar-refractivity contribution >= 4 is 11.5 Å². The second kappa shape index (κ2) is 11.3. The van der Waals surface area contributed by atoms with Gasteiger partial charge in [0.1, 0.15) is 17.3 Å². The third-order valence-corrected chi connectivity index (χ3v) is 5.54. The molecule has 0 saturated heterocycles. The summed E-state index contributed by atoms with van der Waals surface area (Å²) in [5.74, 6) is 1.84. The number of hydrogen-bond donors (Lipinski definition) is 0. The Kier molecular flexibility index (Phi) is 9.11. The second-order valence-electron chi connectivity index (χ2n) is 8.93. The van der Waals surface area contributed by atoms with Gasteiger partial charge in [0.15, 0.2) is 5.82 Å². The molecule has 0 spiro atoms. The van der Waals surface area contributed by atoms with Crippen LogP contribution in [0, 0.1) is 11.2 Å². The quantitative estimate of drug-likeness (QED) is 0.516. The SMILES string of the molecule is CC.CC/C=C1/c2c(nc(CCC)n2Cc2ccc(F)cc2)N(C)/C=C/C(C)(C)CN1C. The fourth-order valence-electron chi connectivity index (χ4n) is 4.10. The van der Waals surface area contributed by atoms with Gasteiger partial charge in [-0.1, -0.05) is 65.8 Å². The zero-order valence-electron chi connectivity index (χ0n) is 21.2. The van der Waals surface area contributed by atoms with E-state index in [1.165, 1.54) is 17.8 Å². The van der Waals surface area contributed by atoms with Crippen molar-refractivity contribution in [2.24, 2.45) is 5.41 Å². The van der Waals surface area contributed by atoms with Crippen LogP contribution in [-0.4, -0.2) is 35.1 Å². The van der Waals surface area contributed by atoms with Gasteiger partial charge in [-0.3, -0.25) is 0 Å². The summed E-state index contributed by atoms with van der Waals surface area (Å²) in [4.78, 5) is 9.58. The lowest BCUT2D eigenvalue weighted by Gasteiger charge is -2.31. The summed E-state index contributed by atoms with van der Waals surface area (Å²) >= 11 is 0. The van der Waals surface area contributed by atoms with Crippen LogP contribution in [0.5, 0.6) is 0 Å². The predicted molar refractivity (Wildman–Crippen MR) is 135 cm³/mol. The highest BCUT2D eigenvalue weighted by Gasteiger charge is 2.28. The molecule has 176 valence electrons. The third-order valence-electron chi connectivity index (χ3n) is 5.54. The maximum absolute atomic E-state index is 13.5. The summed E-state index contributed by atoms with van der Waals surface area (Å²) in [6.45, 7) is 14.5. The van der Waals surface area contributed by atoms with Crippen molar-refractivity contribution < 1.29 is 4.39 Å². The minimum Gasteiger partial charge on any atom is -0.372 e. The lowest BCUT2D eigenvalue weighted by molar-refractivity contribution is 0.330. The molecule has 0 unspecified atom stereocenters. The number of rotatable bonds is 5. The van der Waals surface area contributed by atoms with Gasteiger partial charge in [-0.25, -0.2) is 9.37 Å². The molecule has 1 aromatic carbocycles. The highest BCUT2D eigenvalue weighted by molar-refractivity contribution is 5.73.